The van der Waals surface area contributed by atoms with Crippen molar-refractivity contribution in [2.24, 2.45) is 0 Å². The standard InChI is InChI=1S/C26H30N2O6S/c1-26(2,3)34-22(29)14-27-13-16-7-9-17(10-8-16)25-28-19(15-35-25)23(30)18-11-20(31-4)24(33-6)21(12-18)32-5/h7-12,15,27H,13-14H2,1-6H3. The van der Waals surface area contributed by atoms with Crippen molar-refractivity contribution in [3.05, 3.63) is 58.6 Å². The average molecular weight is 499 g/mol. The molecule has 3 aromatic rings. The van der Waals surface area contributed by atoms with Crippen LogP contribution in [0.4, 0.5) is 0 Å². The summed E-state index contributed by atoms with van der Waals surface area (Å²) in [5.74, 6) is 0.699. The number of benzene rings is 2. The van der Waals surface area contributed by atoms with Gasteiger partial charge in [-0.05, 0) is 38.5 Å². The van der Waals surface area contributed by atoms with Crippen molar-refractivity contribution in [1.82, 2.24) is 10.3 Å². The van der Waals surface area contributed by atoms with Crippen LogP contribution in [0.2, 0.25) is 0 Å². The van der Waals surface area contributed by atoms with Crippen molar-refractivity contribution in [2.75, 3.05) is 27.9 Å². The molecule has 0 fully saturated rings. The summed E-state index contributed by atoms with van der Waals surface area (Å²) in [5.41, 5.74) is 2.14. The highest BCUT2D eigenvalue weighted by molar-refractivity contribution is 7.13. The first-order valence-electron chi connectivity index (χ1n) is 11.0. The zero-order valence-corrected chi connectivity index (χ0v) is 21.6. The number of esters is 1. The van der Waals surface area contributed by atoms with Gasteiger partial charge in [0.05, 0.1) is 27.9 Å². The van der Waals surface area contributed by atoms with Crippen LogP contribution in [0.1, 0.15) is 42.4 Å². The third-order valence-corrected chi connectivity index (χ3v) is 5.77. The van der Waals surface area contributed by atoms with Gasteiger partial charge in [-0.2, -0.15) is 0 Å². The second kappa shape index (κ2) is 11.3. The predicted molar refractivity (Wildman–Crippen MR) is 135 cm³/mol. The summed E-state index contributed by atoms with van der Waals surface area (Å²) in [7, 11) is 4.52. The van der Waals surface area contributed by atoms with Crippen molar-refractivity contribution >= 4 is 23.1 Å². The zero-order chi connectivity index (χ0) is 25.6. The van der Waals surface area contributed by atoms with Crippen LogP contribution in [-0.2, 0) is 16.1 Å². The lowest BCUT2D eigenvalue weighted by atomic mass is 10.1. The van der Waals surface area contributed by atoms with Gasteiger partial charge in [-0.15, -0.1) is 11.3 Å². The average Bonchev–Trinajstić information content (AvgIpc) is 3.32. The molecule has 0 amide bonds. The Hall–Kier alpha value is -3.43. The Balaban J connectivity index is 1.68. The monoisotopic (exact) mass is 498 g/mol. The molecule has 1 heterocycles. The van der Waals surface area contributed by atoms with Crippen molar-refractivity contribution in [1.29, 1.82) is 0 Å². The third-order valence-electron chi connectivity index (χ3n) is 4.88. The van der Waals surface area contributed by atoms with Crippen LogP contribution >= 0.6 is 11.3 Å². The molecule has 0 aliphatic heterocycles. The molecule has 0 spiro atoms. The Labute approximate surface area is 209 Å². The Bertz CT molecular complexity index is 1160. The molecular formula is C26H30N2O6S. The highest BCUT2D eigenvalue weighted by atomic mass is 32.1. The number of methoxy groups -OCH3 is 3. The fourth-order valence-corrected chi connectivity index (χ4v) is 4.13. The molecule has 0 bridgehead atoms. The Morgan fingerprint density at radius 2 is 1.60 bits per heavy atom. The maximum atomic E-state index is 13.1. The number of ketones is 1. The van der Waals surface area contributed by atoms with E-state index in [4.69, 9.17) is 18.9 Å². The van der Waals surface area contributed by atoms with E-state index in [0.29, 0.717) is 35.1 Å². The number of carbonyl (C=O) groups excluding carboxylic acids is 2. The van der Waals surface area contributed by atoms with E-state index in [9.17, 15) is 9.59 Å². The van der Waals surface area contributed by atoms with Gasteiger partial charge in [-0.3, -0.25) is 9.59 Å². The highest BCUT2D eigenvalue weighted by Crippen LogP contribution is 2.39. The van der Waals surface area contributed by atoms with Gasteiger partial charge in [0, 0.05) is 23.1 Å². The second-order valence-corrected chi connectivity index (χ2v) is 9.53. The Morgan fingerprint density at radius 1 is 0.971 bits per heavy atom. The summed E-state index contributed by atoms with van der Waals surface area (Å²) in [6.45, 7) is 6.18. The van der Waals surface area contributed by atoms with Gasteiger partial charge in [0.1, 0.15) is 16.3 Å². The van der Waals surface area contributed by atoms with Crippen molar-refractivity contribution in [2.45, 2.75) is 32.9 Å². The van der Waals surface area contributed by atoms with Gasteiger partial charge < -0.3 is 24.3 Å². The number of thiazole rings is 1. The van der Waals surface area contributed by atoms with Gasteiger partial charge in [-0.1, -0.05) is 24.3 Å². The van der Waals surface area contributed by atoms with E-state index < -0.39 is 5.60 Å². The van der Waals surface area contributed by atoms with Crippen LogP contribution in [0.15, 0.2) is 41.8 Å². The number of hydrogen-bond donors (Lipinski definition) is 1. The van der Waals surface area contributed by atoms with E-state index in [-0.39, 0.29) is 18.3 Å². The summed E-state index contributed by atoms with van der Waals surface area (Å²) in [4.78, 5) is 29.4. The van der Waals surface area contributed by atoms with Crippen LogP contribution < -0.4 is 19.5 Å². The van der Waals surface area contributed by atoms with Crippen molar-refractivity contribution in [3.8, 4) is 27.8 Å². The molecule has 186 valence electrons. The topological polar surface area (TPSA) is 96.0 Å². The molecule has 0 aliphatic carbocycles. The first-order chi connectivity index (χ1) is 16.6. The lowest BCUT2D eigenvalue weighted by molar-refractivity contribution is -0.153. The smallest absolute Gasteiger partial charge is 0.320 e. The number of rotatable bonds is 10. The number of nitrogens with zero attached hydrogens (tertiary/aromatic N) is 1. The predicted octanol–water partition coefficient (Wildman–Crippen LogP) is 4.50. The lowest BCUT2D eigenvalue weighted by Crippen LogP contribution is -2.31. The maximum Gasteiger partial charge on any atom is 0.320 e. The first-order valence-corrected chi connectivity index (χ1v) is 11.8. The molecule has 1 aromatic heterocycles. The number of hydrogen-bond acceptors (Lipinski definition) is 9. The van der Waals surface area contributed by atoms with Crippen LogP contribution in [-0.4, -0.2) is 50.2 Å². The second-order valence-electron chi connectivity index (χ2n) is 8.67. The molecule has 0 radical (unpaired) electrons. The largest absolute Gasteiger partial charge is 0.493 e. The summed E-state index contributed by atoms with van der Waals surface area (Å²) in [5, 5.41) is 5.55. The normalized spacial score (nSPS) is 11.1. The number of nitrogens with one attached hydrogen (secondary N) is 1. The first kappa shape index (κ1) is 26.2. The zero-order valence-electron chi connectivity index (χ0n) is 20.8. The molecule has 3 rings (SSSR count). The molecule has 8 nitrogen and oxygen atoms in total. The van der Waals surface area contributed by atoms with E-state index in [2.05, 4.69) is 10.3 Å². The fourth-order valence-electron chi connectivity index (χ4n) is 3.32. The lowest BCUT2D eigenvalue weighted by Gasteiger charge is -2.19. The van der Waals surface area contributed by atoms with Crippen molar-refractivity contribution in [3.63, 3.8) is 0 Å². The van der Waals surface area contributed by atoms with E-state index in [1.165, 1.54) is 32.7 Å². The number of aromatic nitrogens is 1. The van der Waals surface area contributed by atoms with Crippen LogP contribution in [0.5, 0.6) is 17.2 Å². The molecule has 0 unspecified atom stereocenters. The molecule has 0 saturated heterocycles. The number of ether oxygens (including phenoxy) is 4. The molecule has 9 heteroatoms. The third kappa shape index (κ3) is 6.80. The van der Waals surface area contributed by atoms with Gasteiger partial charge in [0.2, 0.25) is 11.5 Å². The Kier molecular flexibility index (Phi) is 8.48. The molecule has 0 aliphatic rings. The SMILES string of the molecule is COc1cc(C(=O)c2csc(-c3ccc(CNCC(=O)OC(C)(C)C)cc3)n2)cc(OC)c1OC. The summed E-state index contributed by atoms with van der Waals surface area (Å²) in [6.07, 6.45) is 0. The van der Waals surface area contributed by atoms with Gasteiger partial charge in [-0.25, -0.2) is 4.98 Å². The van der Waals surface area contributed by atoms with Gasteiger partial charge in [0.15, 0.2) is 11.5 Å². The Morgan fingerprint density at radius 3 is 2.14 bits per heavy atom. The summed E-state index contributed by atoms with van der Waals surface area (Å²) in [6, 6.07) is 11.0. The van der Waals surface area contributed by atoms with Gasteiger partial charge >= 0.3 is 5.97 Å². The summed E-state index contributed by atoms with van der Waals surface area (Å²) < 4.78 is 21.3. The summed E-state index contributed by atoms with van der Waals surface area (Å²) >= 11 is 1.39. The van der Waals surface area contributed by atoms with Gasteiger partial charge in [0.25, 0.3) is 0 Å². The minimum absolute atomic E-state index is 0.137. The molecule has 35 heavy (non-hydrogen) atoms. The molecular weight excluding hydrogens is 468 g/mol. The maximum absolute atomic E-state index is 13.1. The van der Waals surface area contributed by atoms with E-state index >= 15 is 0 Å². The molecule has 0 saturated carbocycles. The molecule has 2 aromatic carbocycles. The molecule has 1 N–H and O–H groups in total. The minimum atomic E-state index is -0.500. The van der Waals surface area contributed by atoms with E-state index in [1.807, 2.05) is 45.0 Å². The number of carbonyl (C=O) groups is 2. The fraction of sp³-hybridized carbons (Fsp3) is 0.346. The minimum Gasteiger partial charge on any atom is -0.493 e. The van der Waals surface area contributed by atoms with Crippen LogP contribution in [0.25, 0.3) is 10.6 Å². The van der Waals surface area contributed by atoms with E-state index in [0.717, 1.165) is 16.1 Å². The van der Waals surface area contributed by atoms with E-state index in [1.54, 1.807) is 17.5 Å². The quantitative estimate of drug-likeness (QED) is 0.323. The van der Waals surface area contributed by atoms with Crippen LogP contribution in [0, 0.1) is 0 Å². The van der Waals surface area contributed by atoms with Crippen LogP contribution in [0.3, 0.4) is 0 Å². The van der Waals surface area contributed by atoms with Crippen molar-refractivity contribution < 1.29 is 28.5 Å². The molecule has 0 atom stereocenters. The highest BCUT2D eigenvalue weighted by Gasteiger charge is 2.20.